The molecule has 1 heterocycles. The Balaban J connectivity index is 2.28. The summed E-state index contributed by atoms with van der Waals surface area (Å²) in [5.41, 5.74) is 0.946. The summed E-state index contributed by atoms with van der Waals surface area (Å²) >= 11 is 3.12. The number of carbonyl (C=O) groups excluding carboxylic acids is 1. The van der Waals surface area contributed by atoms with Gasteiger partial charge in [0.1, 0.15) is 24.3 Å². The van der Waals surface area contributed by atoms with Gasteiger partial charge in [0.25, 0.3) is 5.91 Å². The van der Waals surface area contributed by atoms with Crippen molar-refractivity contribution in [2.75, 3.05) is 20.8 Å². The molecule has 0 atom stereocenters. The first-order chi connectivity index (χ1) is 11.4. The molecule has 1 N–H and O–H groups in total. The lowest BCUT2D eigenvalue weighted by molar-refractivity contribution is -0.137. The number of rotatable bonds is 7. The Morgan fingerprint density at radius 3 is 2.25 bits per heavy atom. The lowest BCUT2D eigenvalue weighted by Gasteiger charge is -2.20. The van der Waals surface area contributed by atoms with Crippen molar-refractivity contribution in [1.82, 2.24) is 4.90 Å². The molecule has 1 aromatic carbocycles. The van der Waals surface area contributed by atoms with Gasteiger partial charge in [-0.2, -0.15) is 0 Å². The Bertz CT molecular complexity index is 720. The van der Waals surface area contributed by atoms with Crippen LogP contribution < -0.4 is 9.47 Å². The normalized spacial score (nSPS) is 10.3. The quantitative estimate of drug-likeness (QED) is 0.772. The lowest BCUT2D eigenvalue weighted by atomic mass is 10.1. The molecule has 0 saturated carbocycles. The van der Waals surface area contributed by atoms with Gasteiger partial charge in [0, 0.05) is 18.7 Å². The number of carboxylic acid groups (broad SMARTS) is 1. The first-order valence-electron chi connectivity index (χ1n) is 6.90. The molecule has 24 heavy (non-hydrogen) atoms. The van der Waals surface area contributed by atoms with Gasteiger partial charge in [-0.1, -0.05) is 0 Å². The topological polar surface area (TPSA) is 89.2 Å². The van der Waals surface area contributed by atoms with Crippen LogP contribution in [0.15, 0.2) is 39.6 Å². The number of hydrogen-bond acceptors (Lipinski definition) is 5. The van der Waals surface area contributed by atoms with Crippen LogP contribution in [0.1, 0.15) is 15.9 Å². The molecule has 2 rings (SSSR count). The monoisotopic (exact) mass is 397 g/mol. The number of hydrogen-bond donors (Lipinski definition) is 1. The van der Waals surface area contributed by atoms with Crippen LogP contribution in [0.4, 0.5) is 0 Å². The van der Waals surface area contributed by atoms with Crippen LogP contribution >= 0.6 is 15.9 Å². The van der Waals surface area contributed by atoms with Gasteiger partial charge in [-0.15, -0.1) is 0 Å². The van der Waals surface area contributed by atoms with Crippen molar-refractivity contribution in [3.8, 4) is 11.5 Å². The maximum Gasteiger partial charge on any atom is 0.323 e. The number of benzene rings is 1. The third-order valence-corrected chi connectivity index (χ3v) is 3.63. The zero-order valence-corrected chi connectivity index (χ0v) is 14.7. The Morgan fingerprint density at radius 1 is 1.17 bits per heavy atom. The summed E-state index contributed by atoms with van der Waals surface area (Å²) in [5, 5.41) is 9.09. The molecule has 1 amide bonds. The molecule has 2 aromatic rings. The first kappa shape index (κ1) is 17.9. The van der Waals surface area contributed by atoms with E-state index in [1.807, 2.05) is 0 Å². The average Bonchev–Trinajstić information content (AvgIpc) is 2.99. The molecule has 0 bridgehead atoms. The van der Waals surface area contributed by atoms with Crippen LogP contribution in [-0.4, -0.2) is 42.6 Å². The Hall–Kier alpha value is -2.48. The highest BCUT2D eigenvalue weighted by Gasteiger charge is 2.21. The van der Waals surface area contributed by atoms with Gasteiger partial charge >= 0.3 is 5.97 Å². The van der Waals surface area contributed by atoms with Crippen LogP contribution in [0.2, 0.25) is 0 Å². The van der Waals surface area contributed by atoms with E-state index in [9.17, 15) is 9.59 Å². The Morgan fingerprint density at radius 2 is 1.79 bits per heavy atom. The second-order valence-electron chi connectivity index (χ2n) is 4.92. The van der Waals surface area contributed by atoms with E-state index < -0.39 is 18.4 Å². The maximum atomic E-state index is 12.5. The molecule has 0 aliphatic heterocycles. The van der Waals surface area contributed by atoms with Crippen molar-refractivity contribution in [3.63, 3.8) is 0 Å². The molecule has 128 valence electrons. The third kappa shape index (κ3) is 4.51. The van der Waals surface area contributed by atoms with E-state index in [0.717, 1.165) is 0 Å². The minimum atomic E-state index is -1.11. The predicted octanol–water partition coefficient (Wildman–Crippen LogP) is 2.79. The van der Waals surface area contributed by atoms with Crippen LogP contribution in [0.3, 0.4) is 0 Å². The van der Waals surface area contributed by atoms with Crippen LogP contribution in [-0.2, 0) is 11.3 Å². The minimum absolute atomic E-state index is 0.0848. The van der Waals surface area contributed by atoms with Crippen molar-refractivity contribution < 1.29 is 28.6 Å². The number of halogens is 1. The van der Waals surface area contributed by atoms with E-state index in [-0.39, 0.29) is 12.1 Å². The van der Waals surface area contributed by atoms with Gasteiger partial charge in [0.2, 0.25) is 0 Å². The number of methoxy groups -OCH3 is 2. The van der Waals surface area contributed by atoms with Crippen LogP contribution in [0.5, 0.6) is 11.5 Å². The van der Waals surface area contributed by atoms with Crippen LogP contribution in [0, 0.1) is 0 Å². The fraction of sp³-hybridized carbons (Fsp3) is 0.250. The average molecular weight is 398 g/mol. The highest BCUT2D eigenvalue weighted by molar-refractivity contribution is 9.10. The highest BCUT2D eigenvalue weighted by Crippen LogP contribution is 2.24. The van der Waals surface area contributed by atoms with Crippen molar-refractivity contribution in [2.45, 2.75) is 6.54 Å². The molecule has 0 spiro atoms. The fourth-order valence-corrected chi connectivity index (χ4v) is 2.49. The molecule has 0 aliphatic carbocycles. The van der Waals surface area contributed by atoms with Crippen molar-refractivity contribution in [2.24, 2.45) is 0 Å². The predicted molar refractivity (Wildman–Crippen MR) is 88.3 cm³/mol. The van der Waals surface area contributed by atoms with Gasteiger partial charge in [-0.25, -0.2) is 0 Å². The summed E-state index contributed by atoms with van der Waals surface area (Å²) in [6.07, 6.45) is 1.27. The fourth-order valence-electron chi connectivity index (χ4n) is 2.15. The molecule has 8 heteroatoms. The summed E-state index contributed by atoms with van der Waals surface area (Å²) < 4.78 is 15.8. The number of amides is 1. The maximum absolute atomic E-state index is 12.5. The SMILES string of the molecule is COc1cc(CN(CC(=O)O)C(=O)c2coc(Br)c2)cc(OC)c1. The molecule has 0 unspecified atom stereocenters. The summed E-state index contributed by atoms with van der Waals surface area (Å²) in [6.45, 7) is -0.358. The van der Waals surface area contributed by atoms with Crippen molar-refractivity contribution in [1.29, 1.82) is 0 Å². The van der Waals surface area contributed by atoms with Gasteiger partial charge < -0.3 is 23.9 Å². The number of furan rings is 1. The minimum Gasteiger partial charge on any atom is -0.497 e. The highest BCUT2D eigenvalue weighted by atomic mass is 79.9. The first-order valence-corrected chi connectivity index (χ1v) is 7.69. The second-order valence-corrected chi connectivity index (χ2v) is 5.70. The summed E-state index contributed by atoms with van der Waals surface area (Å²) in [5.74, 6) is -0.453. The molecule has 0 saturated heterocycles. The van der Waals surface area contributed by atoms with Crippen LogP contribution in [0.25, 0.3) is 0 Å². The number of aliphatic carboxylic acids is 1. The largest absolute Gasteiger partial charge is 0.497 e. The van der Waals surface area contributed by atoms with Crippen molar-refractivity contribution >= 4 is 27.8 Å². The molecule has 7 nitrogen and oxygen atoms in total. The molecule has 1 aromatic heterocycles. The van der Waals surface area contributed by atoms with E-state index >= 15 is 0 Å². The summed E-state index contributed by atoms with van der Waals surface area (Å²) in [6, 6.07) is 6.62. The van der Waals surface area contributed by atoms with E-state index in [0.29, 0.717) is 21.7 Å². The smallest absolute Gasteiger partial charge is 0.323 e. The molecule has 0 aliphatic rings. The molecular weight excluding hydrogens is 382 g/mol. The van der Waals surface area contributed by atoms with E-state index in [2.05, 4.69) is 15.9 Å². The lowest BCUT2D eigenvalue weighted by Crippen LogP contribution is -2.35. The Kier molecular flexibility index (Phi) is 5.86. The van der Waals surface area contributed by atoms with E-state index in [1.54, 1.807) is 18.2 Å². The number of nitrogens with zero attached hydrogens (tertiary/aromatic N) is 1. The number of ether oxygens (including phenoxy) is 2. The zero-order chi connectivity index (χ0) is 17.7. The molecule has 0 radical (unpaired) electrons. The number of carboxylic acids is 1. The second kappa shape index (κ2) is 7.87. The molecular formula is C16H16BrNO6. The van der Waals surface area contributed by atoms with E-state index in [4.69, 9.17) is 19.0 Å². The number of carbonyl (C=O) groups is 2. The van der Waals surface area contributed by atoms with Gasteiger partial charge in [0.15, 0.2) is 4.67 Å². The van der Waals surface area contributed by atoms with Gasteiger partial charge in [-0.05, 0) is 33.6 Å². The van der Waals surface area contributed by atoms with Crippen molar-refractivity contribution in [3.05, 3.63) is 46.3 Å². The molecule has 0 fully saturated rings. The third-order valence-electron chi connectivity index (χ3n) is 3.21. The summed E-state index contributed by atoms with van der Waals surface area (Å²) in [4.78, 5) is 24.8. The summed E-state index contributed by atoms with van der Waals surface area (Å²) in [7, 11) is 3.03. The van der Waals surface area contributed by atoms with E-state index in [1.165, 1.54) is 31.4 Å². The Labute approximate surface area is 146 Å². The zero-order valence-electron chi connectivity index (χ0n) is 13.1. The van der Waals surface area contributed by atoms with Gasteiger partial charge in [0.05, 0.1) is 19.8 Å². The standard InChI is InChI=1S/C16H16BrNO6/c1-22-12-3-10(4-13(6-12)23-2)7-18(8-15(19)20)16(21)11-5-14(17)24-9-11/h3-6,9H,7-8H2,1-2H3,(H,19,20). The van der Waals surface area contributed by atoms with Gasteiger partial charge in [-0.3, -0.25) is 9.59 Å².